The molecule has 2 aromatic heterocycles. The van der Waals surface area contributed by atoms with Gasteiger partial charge in [0.05, 0.1) is 11.3 Å². The first kappa shape index (κ1) is 22.9. The SMILES string of the molecule is Cc1cccc(NC(=O)c2c(N3CCCC(F)(F)CC3)ncc(-c3cn(C)nc3C)c2C)c1. The molecular formula is C25H29F2N5O. The largest absolute Gasteiger partial charge is 0.356 e. The van der Waals surface area contributed by atoms with Crippen LogP contribution in [0.3, 0.4) is 0 Å². The second-order valence-electron chi connectivity index (χ2n) is 8.82. The normalized spacial score (nSPS) is 15.9. The Hall–Kier alpha value is -3.29. The minimum absolute atomic E-state index is 0.148. The Morgan fingerprint density at radius 1 is 1.12 bits per heavy atom. The molecule has 8 heteroatoms. The second kappa shape index (κ2) is 8.92. The maximum atomic E-state index is 14.0. The van der Waals surface area contributed by atoms with E-state index in [0.29, 0.717) is 30.0 Å². The predicted molar refractivity (Wildman–Crippen MR) is 126 cm³/mol. The summed E-state index contributed by atoms with van der Waals surface area (Å²) in [7, 11) is 1.84. The first-order valence-electron chi connectivity index (χ1n) is 11.2. The number of rotatable bonds is 4. The number of halogens is 2. The fourth-order valence-corrected chi connectivity index (χ4v) is 4.43. The Bertz CT molecular complexity index is 1190. The number of carbonyl (C=O) groups is 1. The lowest BCUT2D eigenvalue weighted by Crippen LogP contribution is -2.30. The van der Waals surface area contributed by atoms with Crippen molar-refractivity contribution >= 4 is 17.4 Å². The molecule has 0 radical (unpaired) electrons. The first-order chi connectivity index (χ1) is 15.6. The van der Waals surface area contributed by atoms with Crippen molar-refractivity contribution in [2.24, 2.45) is 7.05 Å². The molecule has 0 aliphatic carbocycles. The number of alkyl halides is 2. The first-order valence-corrected chi connectivity index (χ1v) is 11.2. The third-order valence-corrected chi connectivity index (χ3v) is 6.14. The van der Waals surface area contributed by atoms with E-state index in [9.17, 15) is 13.6 Å². The van der Waals surface area contributed by atoms with Crippen molar-refractivity contribution in [3.05, 3.63) is 59.0 Å². The molecule has 4 rings (SSSR count). The molecule has 1 aromatic carbocycles. The summed E-state index contributed by atoms with van der Waals surface area (Å²) in [6, 6.07) is 7.55. The van der Waals surface area contributed by atoms with Crippen LogP contribution in [0.1, 0.15) is 46.4 Å². The number of nitrogens with zero attached hydrogens (tertiary/aromatic N) is 4. The van der Waals surface area contributed by atoms with Crippen LogP contribution < -0.4 is 10.2 Å². The number of hydrogen-bond acceptors (Lipinski definition) is 4. The van der Waals surface area contributed by atoms with Gasteiger partial charge >= 0.3 is 0 Å². The number of benzene rings is 1. The summed E-state index contributed by atoms with van der Waals surface area (Å²) in [5, 5.41) is 7.39. The lowest BCUT2D eigenvalue weighted by Gasteiger charge is -2.26. The Balaban J connectivity index is 1.79. The van der Waals surface area contributed by atoms with Crippen LogP contribution in [-0.2, 0) is 7.05 Å². The molecular weight excluding hydrogens is 424 g/mol. The van der Waals surface area contributed by atoms with Crippen molar-refractivity contribution < 1.29 is 13.6 Å². The summed E-state index contributed by atoms with van der Waals surface area (Å²) in [5.41, 5.74) is 5.38. The van der Waals surface area contributed by atoms with Crippen molar-refractivity contribution in [2.45, 2.75) is 46.0 Å². The molecule has 1 amide bonds. The zero-order valence-corrected chi connectivity index (χ0v) is 19.5. The van der Waals surface area contributed by atoms with Crippen molar-refractivity contribution in [3.8, 4) is 11.1 Å². The molecule has 0 unspecified atom stereocenters. The van der Waals surface area contributed by atoms with Crippen LogP contribution >= 0.6 is 0 Å². The molecule has 1 saturated heterocycles. The lowest BCUT2D eigenvalue weighted by atomic mass is 9.98. The van der Waals surface area contributed by atoms with Gasteiger partial charge in [-0.05, 0) is 50.5 Å². The number of hydrogen-bond donors (Lipinski definition) is 1. The molecule has 1 aliphatic heterocycles. The van der Waals surface area contributed by atoms with E-state index in [4.69, 9.17) is 0 Å². The van der Waals surface area contributed by atoms with Crippen LogP contribution in [0.25, 0.3) is 11.1 Å². The molecule has 0 saturated carbocycles. The van der Waals surface area contributed by atoms with Gasteiger partial charge in [-0.25, -0.2) is 13.8 Å². The molecule has 6 nitrogen and oxygen atoms in total. The van der Waals surface area contributed by atoms with E-state index in [-0.39, 0.29) is 25.3 Å². The van der Waals surface area contributed by atoms with Crippen LogP contribution in [0, 0.1) is 20.8 Å². The molecule has 1 fully saturated rings. The zero-order valence-electron chi connectivity index (χ0n) is 19.5. The Labute approximate surface area is 192 Å². The van der Waals surface area contributed by atoms with Gasteiger partial charge in [0, 0.05) is 62.2 Å². The average Bonchev–Trinajstić information content (AvgIpc) is 2.96. The fraction of sp³-hybridized carbons (Fsp3) is 0.400. The highest BCUT2D eigenvalue weighted by atomic mass is 19.3. The molecule has 3 heterocycles. The number of amides is 1. The minimum atomic E-state index is -2.69. The van der Waals surface area contributed by atoms with Crippen LogP contribution in [-0.4, -0.2) is 39.7 Å². The number of aryl methyl sites for hydroxylation is 3. The fourth-order valence-electron chi connectivity index (χ4n) is 4.43. The number of nitrogens with one attached hydrogen (secondary N) is 1. The van der Waals surface area contributed by atoms with Gasteiger partial charge in [-0.2, -0.15) is 5.10 Å². The molecule has 0 spiro atoms. The highest BCUT2D eigenvalue weighted by molar-refractivity contribution is 6.09. The third kappa shape index (κ3) is 4.89. The average molecular weight is 454 g/mol. The number of pyridine rings is 1. The van der Waals surface area contributed by atoms with Gasteiger partial charge < -0.3 is 10.2 Å². The molecule has 33 heavy (non-hydrogen) atoms. The summed E-state index contributed by atoms with van der Waals surface area (Å²) >= 11 is 0. The summed E-state index contributed by atoms with van der Waals surface area (Å²) in [6.45, 7) is 6.32. The lowest BCUT2D eigenvalue weighted by molar-refractivity contribution is -0.0102. The van der Waals surface area contributed by atoms with E-state index in [2.05, 4.69) is 15.4 Å². The van der Waals surface area contributed by atoms with Gasteiger partial charge in [0.15, 0.2) is 0 Å². The molecule has 0 atom stereocenters. The topological polar surface area (TPSA) is 63.1 Å². The highest BCUT2D eigenvalue weighted by Gasteiger charge is 2.33. The standard InChI is InChI=1S/C25H29F2N5O/c1-16-7-5-8-19(13-16)29-24(33)22-17(2)20(21-15-31(4)30-18(21)3)14-28-23(22)32-11-6-9-25(26,27)10-12-32/h5,7-8,13-15H,6,9-12H2,1-4H3,(H,29,33). The van der Waals surface area contributed by atoms with Gasteiger partial charge in [-0.15, -0.1) is 0 Å². The van der Waals surface area contributed by atoms with Crippen LogP contribution in [0.5, 0.6) is 0 Å². The van der Waals surface area contributed by atoms with Crippen molar-refractivity contribution in [2.75, 3.05) is 23.3 Å². The van der Waals surface area contributed by atoms with E-state index in [1.807, 2.05) is 63.2 Å². The second-order valence-corrected chi connectivity index (χ2v) is 8.82. The smallest absolute Gasteiger partial charge is 0.259 e. The molecule has 0 bridgehead atoms. The summed E-state index contributed by atoms with van der Waals surface area (Å²) in [5.74, 6) is -2.55. The van der Waals surface area contributed by atoms with Crippen molar-refractivity contribution in [1.82, 2.24) is 14.8 Å². The molecule has 1 N–H and O–H groups in total. The quantitative estimate of drug-likeness (QED) is 0.583. The maximum absolute atomic E-state index is 14.0. The maximum Gasteiger partial charge on any atom is 0.259 e. The van der Waals surface area contributed by atoms with Crippen molar-refractivity contribution in [1.29, 1.82) is 0 Å². The van der Waals surface area contributed by atoms with Crippen molar-refractivity contribution in [3.63, 3.8) is 0 Å². The Kier molecular flexibility index (Phi) is 6.19. The zero-order chi connectivity index (χ0) is 23.8. The number of aromatic nitrogens is 3. The van der Waals surface area contributed by atoms with Gasteiger partial charge in [-0.3, -0.25) is 9.48 Å². The van der Waals surface area contributed by atoms with Gasteiger partial charge in [0.2, 0.25) is 5.92 Å². The van der Waals surface area contributed by atoms with Crippen LogP contribution in [0.2, 0.25) is 0 Å². The van der Waals surface area contributed by atoms with E-state index >= 15 is 0 Å². The van der Waals surface area contributed by atoms with E-state index in [0.717, 1.165) is 27.9 Å². The Morgan fingerprint density at radius 2 is 1.91 bits per heavy atom. The van der Waals surface area contributed by atoms with Gasteiger partial charge in [0.25, 0.3) is 5.91 Å². The van der Waals surface area contributed by atoms with Crippen LogP contribution in [0.4, 0.5) is 20.3 Å². The highest BCUT2D eigenvalue weighted by Crippen LogP contribution is 2.35. The number of anilines is 2. The summed E-state index contributed by atoms with van der Waals surface area (Å²) < 4.78 is 29.8. The monoisotopic (exact) mass is 453 g/mol. The van der Waals surface area contributed by atoms with E-state index in [1.165, 1.54) is 0 Å². The third-order valence-electron chi connectivity index (χ3n) is 6.14. The summed E-state index contributed by atoms with van der Waals surface area (Å²) in [4.78, 5) is 20.0. The molecule has 3 aromatic rings. The predicted octanol–water partition coefficient (Wildman–Crippen LogP) is 5.29. The summed E-state index contributed by atoms with van der Waals surface area (Å²) in [6.07, 6.45) is 3.56. The molecule has 1 aliphatic rings. The Morgan fingerprint density at radius 3 is 2.61 bits per heavy atom. The molecule has 174 valence electrons. The van der Waals surface area contributed by atoms with Gasteiger partial charge in [0.1, 0.15) is 5.82 Å². The van der Waals surface area contributed by atoms with E-state index < -0.39 is 5.92 Å². The van der Waals surface area contributed by atoms with Gasteiger partial charge in [-0.1, -0.05) is 12.1 Å². The minimum Gasteiger partial charge on any atom is -0.356 e. The number of carbonyl (C=O) groups excluding carboxylic acids is 1. The van der Waals surface area contributed by atoms with E-state index in [1.54, 1.807) is 10.9 Å². The van der Waals surface area contributed by atoms with Crippen LogP contribution in [0.15, 0.2) is 36.7 Å².